The van der Waals surface area contributed by atoms with E-state index in [1.807, 2.05) is 0 Å². The molecule has 0 aromatic heterocycles. The molecule has 0 unspecified atom stereocenters. The van der Waals surface area contributed by atoms with E-state index < -0.39 is 23.3 Å². The van der Waals surface area contributed by atoms with Gasteiger partial charge in [0.15, 0.2) is 5.79 Å². The Morgan fingerprint density at radius 1 is 0.828 bits per heavy atom. The molecule has 1 aromatic carbocycles. The molecule has 2 bridgehead atoms. The highest BCUT2D eigenvalue weighted by Gasteiger charge is 2.78. The summed E-state index contributed by atoms with van der Waals surface area (Å²) in [5.74, 6) is -0.0624. The third-order valence-corrected chi connectivity index (χ3v) is 20.2. The molecule has 3 N–H and O–H groups in total. The molecule has 1 saturated heterocycles. The third-order valence-electron chi connectivity index (χ3n) is 20.2. The van der Waals surface area contributed by atoms with Gasteiger partial charge in [0.1, 0.15) is 0 Å². The zero-order valence-electron chi connectivity index (χ0n) is 37.6. The first-order valence-corrected chi connectivity index (χ1v) is 24.5. The second-order valence-corrected chi connectivity index (χ2v) is 23.0. The first kappa shape index (κ1) is 43.2. The van der Waals surface area contributed by atoms with E-state index in [1.54, 1.807) is 7.11 Å². The maximum absolute atomic E-state index is 13.1. The standard InChI is InChI=1S/C52H82O6/c1-7-14-41-51-25-22-40-48(4,44(51)39(53)34-52(41,56)58-43(51)33-38-20-18-37(19-21-38)23-32-57-6)29-31-50(24-13-9-12-17-36-15-10-8-11-16-36)42-35-47(3,45(54)55)27-26-46(42,2)28-30-49(40,50)5/h18-21,36,39-44,53,56H,7-17,22-35H2,1-6H3,(H,54,55)/t39-,40+,41-,42+,43+,44-,46-,47+,48+,49+,50+,51+,52-/m0/s1. The van der Waals surface area contributed by atoms with Gasteiger partial charge in [-0.1, -0.05) is 116 Å². The summed E-state index contributed by atoms with van der Waals surface area (Å²) in [6.07, 6.45) is 26.0. The smallest absolute Gasteiger partial charge is 0.309 e. The highest BCUT2D eigenvalue weighted by atomic mass is 16.6. The summed E-state index contributed by atoms with van der Waals surface area (Å²) < 4.78 is 12.4. The largest absolute Gasteiger partial charge is 0.481 e. The van der Waals surface area contributed by atoms with Crippen molar-refractivity contribution in [2.24, 2.45) is 62.1 Å². The molecular weight excluding hydrogens is 721 g/mol. The number of unbranched alkanes of at least 4 members (excludes halogenated alkanes) is 2. The number of methoxy groups -OCH3 is 1. The molecular formula is C52H82O6. The average molecular weight is 803 g/mol. The number of aliphatic carboxylic acids is 1. The number of carboxylic acids is 1. The number of benzene rings is 1. The van der Waals surface area contributed by atoms with Crippen LogP contribution < -0.4 is 0 Å². The summed E-state index contributed by atoms with van der Waals surface area (Å²) in [6.45, 7) is 12.8. The zero-order chi connectivity index (χ0) is 41.2. The number of aliphatic hydroxyl groups excluding tert-OH is 1. The van der Waals surface area contributed by atoms with Crippen LogP contribution in [0.3, 0.4) is 0 Å². The van der Waals surface area contributed by atoms with Crippen molar-refractivity contribution in [3.8, 4) is 0 Å². The molecule has 326 valence electrons. The summed E-state index contributed by atoms with van der Waals surface area (Å²) >= 11 is 0. The van der Waals surface area contributed by atoms with Gasteiger partial charge in [0.2, 0.25) is 0 Å². The highest BCUT2D eigenvalue weighted by Crippen LogP contribution is 2.81. The van der Waals surface area contributed by atoms with Gasteiger partial charge in [0.05, 0.1) is 24.2 Å². The van der Waals surface area contributed by atoms with Crippen LogP contribution in [0, 0.1) is 62.1 Å². The van der Waals surface area contributed by atoms with Crippen molar-refractivity contribution in [3.05, 3.63) is 35.4 Å². The van der Waals surface area contributed by atoms with Crippen molar-refractivity contribution in [1.29, 1.82) is 0 Å². The minimum Gasteiger partial charge on any atom is -0.481 e. The second kappa shape index (κ2) is 16.0. The number of rotatable bonds is 14. The van der Waals surface area contributed by atoms with E-state index in [0.717, 1.165) is 76.5 Å². The summed E-state index contributed by atoms with van der Waals surface area (Å²) in [5.41, 5.74) is 1.79. The Morgan fingerprint density at radius 3 is 2.26 bits per heavy atom. The van der Waals surface area contributed by atoms with E-state index in [4.69, 9.17) is 9.47 Å². The van der Waals surface area contributed by atoms with Crippen LogP contribution in [-0.4, -0.2) is 53.0 Å². The van der Waals surface area contributed by atoms with Gasteiger partial charge in [0, 0.05) is 24.9 Å². The lowest BCUT2D eigenvalue weighted by Gasteiger charge is -2.76. The maximum Gasteiger partial charge on any atom is 0.309 e. The molecule has 0 amide bonds. The predicted octanol–water partition coefficient (Wildman–Crippen LogP) is 11.7. The number of fused-ring (bicyclic) bond motifs is 7. The molecule has 6 saturated carbocycles. The predicted molar refractivity (Wildman–Crippen MR) is 231 cm³/mol. The molecule has 0 radical (unpaired) electrons. The van der Waals surface area contributed by atoms with Crippen LogP contribution in [0.15, 0.2) is 24.3 Å². The van der Waals surface area contributed by atoms with Crippen LogP contribution in [0.1, 0.15) is 187 Å². The first-order chi connectivity index (χ1) is 27.6. The fourth-order valence-electron chi connectivity index (χ4n) is 17.3. The van der Waals surface area contributed by atoms with E-state index >= 15 is 0 Å². The fraction of sp³-hybridized carbons (Fsp3) is 0.865. The van der Waals surface area contributed by atoms with E-state index in [-0.39, 0.29) is 45.0 Å². The van der Waals surface area contributed by atoms with Gasteiger partial charge in [-0.25, -0.2) is 0 Å². The molecule has 58 heavy (non-hydrogen) atoms. The number of carboxylic acid groups (broad SMARTS) is 1. The normalized spacial score (nSPS) is 46.1. The lowest BCUT2D eigenvalue weighted by Crippen LogP contribution is -2.71. The Labute approximate surface area is 352 Å². The summed E-state index contributed by atoms with van der Waals surface area (Å²) in [5, 5.41) is 35.9. The molecule has 1 spiro atoms. The summed E-state index contributed by atoms with van der Waals surface area (Å²) in [4.78, 5) is 13.1. The van der Waals surface area contributed by atoms with Gasteiger partial charge < -0.3 is 24.8 Å². The SMILES string of the molecule is CCC[C@H]1[C@@]23CC[C@@H]4[C@@](C)(CC[C@]5(CCCCCC6CCCCC6)[C@@H]6C[C@](C)(C(=O)O)CC[C@@]6(C)CC[C@]45C)[C@@H]2[C@@H](O)C[C@]1(O)O[C@@H]3Cc1ccc(CCOC)cc1. The van der Waals surface area contributed by atoms with Gasteiger partial charge >= 0.3 is 5.97 Å². The number of hydrogen-bond donors (Lipinski definition) is 3. The second-order valence-electron chi connectivity index (χ2n) is 23.0. The number of hydrogen-bond acceptors (Lipinski definition) is 5. The van der Waals surface area contributed by atoms with Crippen LogP contribution in [0.2, 0.25) is 0 Å². The topological polar surface area (TPSA) is 96.2 Å². The van der Waals surface area contributed by atoms with Gasteiger partial charge in [-0.2, -0.15) is 0 Å². The van der Waals surface area contributed by atoms with Crippen LogP contribution >= 0.6 is 0 Å². The summed E-state index contributed by atoms with van der Waals surface area (Å²) in [6, 6.07) is 8.96. The fourth-order valence-corrected chi connectivity index (χ4v) is 17.3. The van der Waals surface area contributed by atoms with Gasteiger partial charge in [0.25, 0.3) is 0 Å². The van der Waals surface area contributed by atoms with E-state index in [1.165, 1.54) is 88.2 Å². The van der Waals surface area contributed by atoms with Crippen molar-refractivity contribution < 1.29 is 29.6 Å². The number of aliphatic hydroxyl groups is 2. The molecule has 1 aliphatic heterocycles. The highest BCUT2D eigenvalue weighted by molar-refractivity contribution is 5.74. The lowest BCUT2D eigenvalue weighted by atomic mass is 9.28. The molecule has 13 atom stereocenters. The number of carbonyl (C=O) groups is 1. The molecule has 7 fully saturated rings. The van der Waals surface area contributed by atoms with Crippen molar-refractivity contribution in [2.75, 3.05) is 13.7 Å². The molecule has 8 rings (SSSR count). The maximum atomic E-state index is 13.1. The minimum absolute atomic E-state index is 0.00933. The quantitative estimate of drug-likeness (QED) is 0.162. The van der Waals surface area contributed by atoms with Crippen molar-refractivity contribution >= 4 is 5.97 Å². The van der Waals surface area contributed by atoms with Crippen LogP contribution in [0.4, 0.5) is 0 Å². The Balaban J connectivity index is 1.14. The first-order valence-electron chi connectivity index (χ1n) is 24.5. The van der Waals surface area contributed by atoms with Gasteiger partial charge in [-0.05, 0) is 147 Å². The Morgan fingerprint density at radius 2 is 1.55 bits per heavy atom. The third kappa shape index (κ3) is 6.81. The van der Waals surface area contributed by atoms with Crippen LogP contribution in [0.25, 0.3) is 0 Å². The molecule has 6 heteroatoms. The lowest BCUT2D eigenvalue weighted by molar-refractivity contribution is -0.293. The van der Waals surface area contributed by atoms with Crippen LogP contribution in [0.5, 0.6) is 0 Å². The zero-order valence-corrected chi connectivity index (χ0v) is 37.6. The molecule has 7 aliphatic rings. The van der Waals surface area contributed by atoms with E-state index in [9.17, 15) is 20.1 Å². The summed E-state index contributed by atoms with van der Waals surface area (Å²) in [7, 11) is 1.75. The van der Waals surface area contributed by atoms with Crippen molar-refractivity contribution in [2.45, 2.75) is 207 Å². The van der Waals surface area contributed by atoms with E-state index in [0.29, 0.717) is 24.9 Å². The van der Waals surface area contributed by atoms with Crippen LogP contribution in [-0.2, 0) is 27.1 Å². The Bertz CT molecular complexity index is 1600. The molecule has 6 aliphatic carbocycles. The van der Waals surface area contributed by atoms with Crippen molar-refractivity contribution in [3.63, 3.8) is 0 Å². The Kier molecular flexibility index (Phi) is 11.9. The van der Waals surface area contributed by atoms with Crippen molar-refractivity contribution in [1.82, 2.24) is 0 Å². The molecule has 1 heterocycles. The Hall–Kier alpha value is -1.47. The van der Waals surface area contributed by atoms with Gasteiger partial charge in [-0.3, -0.25) is 4.79 Å². The van der Waals surface area contributed by atoms with Gasteiger partial charge in [-0.15, -0.1) is 0 Å². The monoisotopic (exact) mass is 803 g/mol. The number of ether oxygens (including phenoxy) is 2. The average Bonchev–Trinajstić information content (AvgIpc) is 3.34. The van der Waals surface area contributed by atoms with E-state index in [2.05, 4.69) is 58.9 Å². The minimum atomic E-state index is -1.30. The molecule has 1 aromatic rings. The molecule has 6 nitrogen and oxygen atoms in total.